The summed E-state index contributed by atoms with van der Waals surface area (Å²) in [6.07, 6.45) is 1.51. The van der Waals surface area contributed by atoms with E-state index >= 15 is 0 Å². The van der Waals surface area contributed by atoms with E-state index in [0.717, 1.165) is 21.3 Å². The van der Waals surface area contributed by atoms with E-state index < -0.39 is 5.41 Å². The van der Waals surface area contributed by atoms with Crippen LogP contribution >= 0.6 is 15.9 Å². The number of hydrogen-bond acceptors (Lipinski definition) is 3. The molecular formula is C22H25BrN2O3. The van der Waals surface area contributed by atoms with Gasteiger partial charge in [-0.3, -0.25) is 9.59 Å². The number of hydrogen-bond donors (Lipinski definition) is 2. The molecule has 6 heteroatoms. The molecule has 5 nitrogen and oxygen atoms in total. The number of ether oxygens (including phenoxy) is 1. The molecule has 3 rings (SSSR count). The molecule has 0 unspecified atom stereocenters. The first-order valence-corrected chi connectivity index (χ1v) is 10.3. The van der Waals surface area contributed by atoms with Crippen LogP contribution in [-0.2, 0) is 19.7 Å². The molecule has 0 radical (unpaired) electrons. The van der Waals surface area contributed by atoms with Crippen molar-refractivity contribution in [2.75, 3.05) is 25.1 Å². The highest BCUT2D eigenvalue weighted by Crippen LogP contribution is 2.35. The van der Waals surface area contributed by atoms with Gasteiger partial charge in [-0.25, -0.2) is 0 Å². The van der Waals surface area contributed by atoms with Gasteiger partial charge in [0, 0.05) is 36.3 Å². The van der Waals surface area contributed by atoms with Crippen molar-refractivity contribution < 1.29 is 14.3 Å². The topological polar surface area (TPSA) is 67.4 Å². The zero-order valence-corrected chi connectivity index (χ0v) is 17.6. The second-order valence-corrected chi connectivity index (χ2v) is 7.99. The predicted octanol–water partition coefficient (Wildman–Crippen LogP) is 3.95. The molecule has 1 fully saturated rings. The number of nitrogens with one attached hydrogen (secondary N) is 2. The summed E-state index contributed by atoms with van der Waals surface area (Å²) in [5.74, 6) is -0.157. The van der Waals surface area contributed by atoms with Gasteiger partial charge in [-0.05, 0) is 43.0 Å². The summed E-state index contributed by atoms with van der Waals surface area (Å²) in [5, 5.41) is 5.88. The van der Waals surface area contributed by atoms with Gasteiger partial charge in [0.1, 0.15) is 0 Å². The number of aryl methyl sites for hydroxylation is 1. The van der Waals surface area contributed by atoms with Crippen molar-refractivity contribution in [3.63, 3.8) is 0 Å². The SMILES string of the molecule is Cc1ccc(Br)cc1NC(=O)CCNC(=O)C1(c2ccccc2)CCOCC1. The quantitative estimate of drug-likeness (QED) is 0.708. The van der Waals surface area contributed by atoms with Crippen molar-refractivity contribution in [2.45, 2.75) is 31.6 Å². The molecule has 1 saturated heterocycles. The number of rotatable bonds is 6. The van der Waals surface area contributed by atoms with Crippen LogP contribution in [0, 0.1) is 6.92 Å². The molecule has 0 saturated carbocycles. The fraction of sp³-hybridized carbons (Fsp3) is 0.364. The Morgan fingerprint density at radius 2 is 1.82 bits per heavy atom. The van der Waals surface area contributed by atoms with E-state index in [-0.39, 0.29) is 18.2 Å². The molecule has 2 N–H and O–H groups in total. The number of carbonyl (C=O) groups is 2. The first-order chi connectivity index (χ1) is 13.5. The van der Waals surface area contributed by atoms with E-state index in [2.05, 4.69) is 26.6 Å². The van der Waals surface area contributed by atoms with Crippen LogP contribution in [0.15, 0.2) is 53.0 Å². The largest absolute Gasteiger partial charge is 0.381 e. The minimum absolute atomic E-state index is 0.0339. The molecule has 1 aliphatic rings. The van der Waals surface area contributed by atoms with Gasteiger partial charge < -0.3 is 15.4 Å². The summed E-state index contributed by atoms with van der Waals surface area (Å²) in [6.45, 7) is 3.36. The average Bonchev–Trinajstić information content (AvgIpc) is 2.72. The molecule has 28 heavy (non-hydrogen) atoms. The molecule has 1 aliphatic heterocycles. The van der Waals surface area contributed by atoms with Crippen LogP contribution in [0.25, 0.3) is 0 Å². The molecule has 0 spiro atoms. The van der Waals surface area contributed by atoms with Gasteiger partial charge in [0.15, 0.2) is 0 Å². The first-order valence-electron chi connectivity index (χ1n) is 9.49. The second kappa shape index (κ2) is 9.34. The maximum atomic E-state index is 13.1. The van der Waals surface area contributed by atoms with Crippen molar-refractivity contribution >= 4 is 33.4 Å². The van der Waals surface area contributed by atoms with Crippen molar-refractivity contribution in [1.29, 1.82) is 0 Å². The summed E-state index contributed by atoms with van der Waals surface area (Å²) in [6, 6.07) is 15.6. The smallest absolute Gasteiger partial charge is 0.230 e. The van der Waals surface area contributed by atoms with E-state index in [1.54, 1.807) is 0 Å². The van der Waals surface area contributed by atoms with E-state index in [9.17, 15) is 9.59 Å². The fourth-order valence-electron chi connectivity index (χ4n) is 3.52. The average molecular weight is 445 g/mol. The Balaban J connectivity index is 1.59. The molecule has 0 bridgehead atoms. The molecule has 2 aromatic rings. The zero-order valence-electron chi connectivity index (χ0n) is 16.0. The van der Waals surface area contributed by atoms with Gasteiger partial charge in [0.25, 0.3) is 0 Å². The highest BCUT2D eigenvalue weighted by atomic mass is 79.9. The lowest BCUT2D eigenvalue weighted by atomic mass is 9.73. The third kappa shape index (κ3) is 4.80. The highest BCUT2D eigenvalue weighted by molar-refractivity contribution is 9.10. The van der Waals surface area contributed by atoms with Gasteiger partial charge in [-0.2, -0.15) is 0 Å². The van der Waals surface area contributed by atoms with Gasteiger partial charge in [0.05, 0.1) is 5.41 Å². The first kappa shape index (κ1) is 20.6. The summed E-state index contributed by atoms with van der Waals surface area (Å²) >= 11 is 3.41. The van der Waals surface area contributed by atoms with Crippen LogP contribution in [-0.4, -0.2) is 31.6 Å². The van der Waals surface area contributed by atoms with Crippen LogP contribution in [0.5, 0.6) is 0 Å². The predicted molar refractivity (Wildman–Crippen MR) is 113 cm³/mol. The lowest BCUT2D eigenvalue weighted by molar-refractivity contribution is -0.130. The van der Waals surface area contributed by atoms with Crippen LogP contribution in [0.4, 0.5) is 5.69 Å². The van der Waals surface area contributed by atoms with Gasteiger partial charge in [-0.15, -0.1) is 0 Å². The minimum Gasteiger partial charge on any atom is -0.381 e. The normalized spacial score (nSPS) is 15.6. The summed E-state index contributed by atoms with van der Waals surface area (Å²) < 4.78 is 6.39. The van der Waals surface area contributed by atoms with E-state index in [1.807, 2.05) is 55.5 Å². The van der Waals surface area contributed by atoms with Crippen molar-refractivity contribution in [3.8, 4) is 0 Å². The Morgan fingerprint density at radius 3 is 2.54 bits per heavy atom. The Morgan fingerprint density at radius 1 is 1.11 bits per heavy atom. The maximum Gasteiger partial charge on any atom is 0.230 e. The third-order valence-corrected chi connectivity index (χ3v) is 5.71. The van der Waals surface area contributed by atoms with Crippen molar-refractivity contribution in [1.82, 2.24) is 5.32 Å². The van der Waals surface area contributed by atoms with E-state index in [1.165, 1.54) is 0 Å². The number of anilines is 1. The lowest BCUT2D eigenvalue weighted by Crippen LogP contribution is -2.48. The van der Waals surface area contributed by atoms with Gasteiger partial charge >= 0.3 is 0 Å². The van der Waals surface area contributed by atoms with Gasteiger partial charge in [0.2, 0.25) is 11.8 Å². The lowest BCUT2D eigenvalue weighted by Gasteiger charge is -2.36. The molecule has 0 atom stereocenters. The monoisotopic (exact) mass is 444 g/mol. The Labute approximate surface area is 174 Å². The summed E-state index contributed by atoms with van der Waals surface area (Å²) in [7, 11) is 0. The minimum atomic E-state index is -0.586. The van der Waals surface area contributed by atoms with E-state index in [4.69, 9.17) is 4.74 Å². The number of halogens is 1. The summed E-state index contributed by atoms with van der Waals surface area (Å²) in [4.78, 5) is 25.3. The summed E-state index contributed by atoms with van der Waals surface area (Å²) in [5.41, 5.74) is 2.18. The van der Waals surface area contributed by atoms with Crippen LogP contribution < -0.4 is 10.6 Å². The van der Waals surface area contributed by atoms with E-state index in [0.29, 0.717) is 32.6 Å². The Bertz CT molecular complexity index is 833. The van der Waals surface area contributed by atoms with Crippen LogP contribution in [0.2, 0.25) is 0 Å². The molecule has 2 amide bonds. The third-order valence-electron chi connectivity index (χ3n) is 5.22. The number of amides is 2. The molecule has 0 aliphatic carbocycles. The van der Waals surface area contributed by atoms with Gasteiger partial charge in [-0.1, -0.05) is 52.3 Å². The second-order valence-electron chi connectivity index (χ2n) is 7.07. The zero-order chi connectivity index (χ0) is 20.0. The highest BCUT2D eigenvalue weighted by Gasteiger charge is 2.41. The maximum absolute atomic E-state index is 13.1. The van der Waals surface area contributed by atoms with Crippen LogP contribution in [0.3, 0.4) is 0 Å². The molecular weight excluding hydrogens is 420 g/mol. The molecule has 0 aromatic heterocycles. The van der Waals surface area contributed by atoms with Crippen molar-refractivity contribution in [2.24, 2.45) is 0 Å². The van der Waals surface area contributed by atoms with Crippen molar-refractivity contribution in [3.05, 3.63) is 64.1 Å². The standard InChI is InChI=1S/C22H25BrN2O3/c1-16-7-8-18(23)15-19(16)25-20(26)9-12-24-21(27)22(10-13-28-14-11-22)17-5-3-2-4-6-17/h2-8,15H,9-14H2,1H3,(H,24,27)(H,25,26). The number of carbonyl (C=O) groups excluding carboxylic acids is 2. The molecule has 2 aromatic carbocycles. The Hall–Kier alpha value is -2.18. The number of benzene rings is 2. The molecule has 148 valence electrons. The fourth-order valence-corrected chi connectivity index (χ4v) is 3.89. The molecule has 1 heterocycles. The Kier molecular flexibility index (Phi) is 6.86. The van der Waals surface area contributed by atoms with Crippen LogP contribution in [0.1, 0.15) is 30.4 Å².